The minimum Gasteiger partial charge on any atom is -0.489 e. The molecule has 0 aliphatic carbocycles. The zero-order valence-electron chi connectivity index (χ0n) is 10.2. The van der Waals surface area contributed by atoms with E-state index in [9.17, 15) is 4.39 Å². The molecule has 2 aromatic rings. The van der Waals surface area contributed by atoms with Gasteiger partial charge in [-0.1, -0.05) is 0 Å². The van der Waals surface area contributed by atoms with E-state index in [-0.39, 0.29) is 11.9 Å². The summed E-state index contributed by atoms with van der Waals surface area (Å²) in [6.07, 6.45) is 0.608. The van der Waals surface area contributed by atoms with Crippen molar-refractivity contribution in [2.75, 3.05) is 0 Å². The molecule has 0 saturated carbocycles. The lowest BCUT2D eigenvalue weighted by Crippen LogP contribution is -2.18. The van der Waals surface area contributed by atoms with Gasteiger partial charge >= 0.3 is 0 Å². The van der Waals surface area contributed by atoms with Crippen LogP contribution < -0.4 is 10.5 Å². The SMILES string of the molecule is CC(N)Cc1cc(F)ccc1OCc1ccsc1. The van der Waals surface area contributed by atoms with Crippen LogP contribution in [0.1, 0.15) is 18.1 Å². The third-order valence-electron chi connectivity index (χ3n) is 2.54. The second-order valence-corrected chi connectivity index (χ2v) is 5.13. The summed E-state index contributed by atoms with van der Waals surface area (Å²) in [4.78, 5) is 0. The third-order valence-corrected chi connectivity index (χ3v) is 3.27. The Balaban J connectivity index is 2.10. The van der Waals surface area contributed by atoms with Crippen LogP contribution in [0, 0.1) is 5.82 Å². The van der Waals surface area contributed by atoms with Crippen LogP contribution in [0.3, 0.4) is 0 Å². The summed E-state index contributed by atoms with van der Waals surface area (Å²) in [7, 11) is 0. The molecule has 2 nitrogen and oxygen atoms in total. The van der Waals surface area contributed by atoms with Crippen LogP contribution in [0.4, 0.5) is 4.39 Å². The minimum absolute atomic E-state index is 0.0182. The molecule has 1 aromatic heterocycles. The molecule has 2 rings (SSSR count). The van der Waals surface area contributed by atoms with Gasteiger partial charge in [-0.3, -0.25) is 0 Å². The van der Waals surface area contributed by atoms with Crippen LogP contribution in [-0.4, -0.2) is 6.04 Å². The number of thiophene rings is 1. The van der Waals surface area contributed by atoms with Gasteiger partial charge in [-0.25, -0.2) is 4.39 Å². The topological polar surface area (TPSA) is 35.2 Å². The van der Waals surface area contributed by atoms with E-state index >= 15 is 0 Å². The third kappa shape index (κ3) is 3.55. The Morgan fingerprint density at radius 3 is 2.89 bits per heavy atom. The standard InChI is InChI=1S/C14H16FNOS/c1-10(16)6-12-7-13(15)2-3-14(12)17-8-11-4-5-18-9-11/h2-5,7,9-10H,6,8,16H2,1H3. The van der Waals surface area contributed by atoms with Gasteiger partial charge in [0.2, 0.25) is 0 Å². The highest BCUT2D eigenvalue weighted by Crippen LogP contribution is 2.22. The molecule has 0 amide bonds. The van der Waals surface area contributed by atoms with Crippen molar-refractivity contribution >= 4 is 11.3 Å². The van der Waals surface area contributed by atoms with Gasteiger partial charge in [0, 0.05) is 6.04 Å². The van der Waals surface area contributed by atoms with Crippen molar-refractivity contribution in [3.05, 3.63) is 52.0 Å². The van der Waals surface area contributed by atoms with Gasteiger partial charge < -0.3 is 10.5 Å². The smallest absolute Gasteiger partial charge is 0.123 e. The largest absolute Gasteiger partial charge is 0.489 e. The van der Waals surface area contributed by atoms with Crippen molar-refractivity contribution in [2.24, 2.45) is 5.73 Å². The van der Waals surface area contributed by atoms with Gasteiger partial charge in [0.1, 0.15) is 18.2 Å². The van der Waals surface area contributed by atoms with E-state index in [2.05, 4.69) is 0 Å². The van der Waals surface area contributed by atoms with E-state index in [0.29, 0.717) is 18.8 Å². The summed E-state index contributed by atoms with van der Waals surface area (Å²) in [5.74, 6) is 0.452. The second kappa shape index (κ2) is 5.98. The fourth-order valence-electron chi connectivity index (χ4n) is 1.73. The zero-order valence-corrected chi connectivity index (χ0v) is 11.0. The molecule has 0 radical (unpaired) electrons. The molecule has 0 fully saturated rings. The Labute approximate surface area is 110 Å². The van der Waals surface area contributed by atoms with Crippen molar-refractivity contribution in [2.45, 2.75) is 26.0 Å². The minimum atomic E-state index is -0.256. The van der Waals surface area contributed by atoms with Crippen molar-refractivity contribution in [3.63, 3.8) is 0 Å². The van der Waals surface area contributed by atoms with E-state index in [1.165, 1.54) is 12.1 Å². The quantitative estimate of drug-likeness (QED) is 0.899. The highest BCUT2D eigenvalue weighted by atomic mass is 32.1. The number of ether oxygens (including phenoxy) is 1. The molecule has 4 heteroatoms. The number of halogens is 1. The molecule has 18 heavy (non-hydrogen) atoms. The van der Waals surface area contributed by atoms with Gasteiger partial charge in [0.05, 0.1) is 0 Å². The van der Waals surface area contributed by atoms with Crippen molar-refractivity contribution in [1.29, 1.82) is 0 Å². The van der Waals surface area contributed by atoms with Crippen LogP contribution in [-0.2, 0) is 13.0 Å². The summed E-state index contributed by atoms with van der Waals surface area (Å²) in [6, 6.07) is 6.56. The van der Waals surface area contributed by atoms with E-state index in [4.69, 9.17) is 10.5 Å². The van der Waals surface area contributed by atoms with E-state index < -0.39 is 0 Å². The second-order valence-electron chi connectivity index (χ2n) is 4.35. The predicted molar refractivity (Wildman–Crippen MR) is 72.4 cm³/mol. The molecule has 0 bridgehead atoms. The summed E-state index contributed by atoms with van der Waals surface area (Å²) < 4.78 is 18.9. The van der Waals surface area contributed by atoms with E-state index in [0.717, 1.165) is 11.1 Å². The molecule has 2 N–H and O–H groups in total. The Hall–Kier alpha value is -1.39. The molecule has 0 aliphatic rings. The Kier molecular flexibility index (Phi) is 4.33. The Morgan fingerprint density at radius 2 is 2.22 bits per heavy atom. The molecule has 0 saturated heterocycles. The maximum atomic E-state index is 13.2. The highest BCUT2D eigenvalue weighted by Gasteiger charge is 2.08. The predicted octanol–water partition coefficient (Wildman–Crippen LogP) is 3.36. The highest BCUT2D eigenvalue weighted by molar-refractivity contribution is 7.07. The van der Waals surface area contributed by atoms with Crippen LogP contribution in [0.5, 0.6) is 5.75 Å². The van der Waals surface area contributed by atoms with Crippen LogP contribution >= 0.6 is 11.3 Å². The van der Waals surface area contributed by atoms with Crippen molar-refractivity contribution < 1.29 is 9.13 Å². The molecular weight excluding hydrogens is 249 g/mol. The number of nitrogens with two attached hydrogens (primary N) is 1. The Morgan fingerprint density at radius 1 is 1.39 bits per heavy atom. The fraction of sp³-hybridized carbons (Fsp3) is 0.286. The monoisotopic (exact) mass is 265 g/mol. The Bertz CT molecular complexity index is 497. The van der Waals surface area contributed by atoms with Crippen LogP contribution in [0.25, 0.3) is 0 Å². The van der Waals surface area contributed by atoms with Gasteiger partial charge in [-0.2, -0.15) is 11.3 Å². The average Bonchev–Trinajstić information content (AvgIpc) is 2.80. The number of hydrogen-bond donors (Lipinski definition) is 1. The van der Waals surface area contributed by atoms with Crippen LogP contribution in [0.2, 0.25) is 0 Å². The van der Waals surface area contributed by atoms with Gasteiger partial charge in [-0.15, -0.1) is 0 Å². The summed E-state index contributed by atoms with van der Waals surface area (Å²) in [6.45, 7) is 2.40. The maximum Gasteiger partial charge on any atom is 0.123 e. The zero-order chi connectivity index (χ0) is 13.0. The normalized spacial score (nSPS) is 12.4. The molecule has 96 valence electrons. The lowest BCUT2D eigenvalue weighted by atomic mass is 10.1. The lowest BCUT2D eigenvalue weighted by molar-refractivity contribution is 0.302. The van der Waals surface area contributed by atoms with Gasteiger partial charge in [-0.05, 0) is 59.5 Å². The molecule has 1 heterocycles. The maximum absolute atomic E-state index is 13.2. The first-order valence-electron chi connectivity index (χ1n) is 5.83. The summed E-state index contributed by atoms with van der Waals surface area (Å²) in [5, 5.41) is 4.04. The molecule has 1 atom stereocenters. The summed E-state index contributed by atoms with van der Waals surface area (Å²) >= 11 is 1.63. The lowest BCUT2D eigenvalue weighted by Gasteiger charge is -2.12. The van der Waals surface area contributed by atoms with Crippen molar-refractivity contribution in [1.82, 2.24) is 0 Å². The van der Waals surface area contributed by atoms with Crippen molar-refractivity contribution in [3.8, 4) is 5.75 Å². The molecule has 0 aliphatic heterocycles. The first kappa shape index (κ1) is 13.1. The molecule has 1 unspecified atom stereocenters. The number of rotatable bonds is 5. The van der Waals surface area contributed by atoms with Gasteiger partial charge in [0.25, 0.3) is 0 Å². The summed E-state index contributed by atoms with van der Waals surface area (Å²) in [5.41, 5.74) is 7.70. The first-order chi connectivity index (χ1) is 8.65. The molecule has 1 aromatic carbocycles. The van der Waals surface area contributed by atoms with Gasteiger partial charge in [0.15, 0.2) is 0 Å². The fourth-order valence-corrected chi connectivity index (χ4v) is 2.38. The molecule has 0 spiro atoms. The molecular formula is C14H16FNOS. The number of benzene rings is 1. The van der Waals surface area contributed by atoms with E-state index in [1.807, 2.05) is 23.8 Å². The number of hydrogen-bond acceptors (Lipinski definition) is 3. The average molecular weight is 265 g/mol. The van der Waals surface area contributed by atoms with E-state index in [1.54, 1.807) is 17.4 Å². The first-order valence-corrected chi connectivity index (χ1v) is 6.77. The van der Waals surface area contributed by atoms with Crippen LogP contribution in [0.15, 0.2) is 35.0 Å².